The molecule has 0 fully saturated rings. The van der Waals surface area contributed by atoms with E-state index >= 15 is 0 Å². The average molecular weight is 321 g/mol. The molecule has 0 aliphatic heterocycles. The number of nitrogen functional groups attached to an aromatic ring is 1. The molecule has 106 valence electrons. The van der Waals surface area contributed by atoms with E-state index in [1.165, 1.54) is 23.6 Å². The Morgan fingerprint density at radius 1 is 1.40 bits per heavy atom. The zero-order chi connectivity index (χ0) is 14.8. The van der Waals surface area contributed by atoms with Crippen molar-refractivity contribution in [3.05, 3.63) is 39.7 Å². The summed E-state index contributed by atoms with van der Waals surface area (Å²) in [7, 11) is 0. The number of thiazole rings is 1. The molecule has 0 bridgehead atoms. The summed E-state index contributed by atoms with van der Waals surface area (Å²) >= 11 is 7.04. The Morgan fingerprint density at radius 3 is 2.75 bits per heavy atom. The summed E-state index contributed by atoms with van der Waals surface area (Å²) in [5.74, 6) is 0.338. The number of hydrazone groups is 1. The Balaban J connectivity index is 2.16. The molecule has 1 heterocycles. The van der Waals surface area contributed by atoms with Gasteiger partial charge in [-0.05, 0) is 18.2 Å². The van der Waals surface area contributed by atoms with E-state index in [0.717, 1.165) is 12.1 Å². The van der Waals surface area contributed by atoms with Gasteiger partial charge in [-0.25, -0.2) is 4.98 Å². The van der Waals surface area contributed by atoms with Crippen LogP contribution >= 0.6 is 22.9 Å². The van der Waals surface area contributed by atoms with Gasteiger partial charge in [-0.15, -0.1) is 11.3 Å². The average Bonchev–Trinajstić information content (AvgIpc) is 2.76. The minimum atomic E-state index is -4.43. The largest absolute Gasteiger partial charge is 0.416 e. The lowest BCUT2D eigenvalue weighted by Gasteiger charge is -2.07. The van der Waals surface area contributed by atoms with Gasteiger partial charge in [0.05, 0.1) is 11.8 Å². The zero-order valence-corrected chi connectivity index (χ0v) is 11.4. The SMILES string of the molecule is Nc1csc(NN=Cc2cc(C(F)(F)F)ccc2Cl)n1. The Bertz CT molecular complexity index is 639. The number of halogens is 4. The molecule has 1 aromatic heterocycles. The van der Waals surface area contributed by atoms with Crippen molar-refractivity contribution in [1.29, 1.82) is 0 Å². The molecule has 0 unspecified atom stereocenters. The van der Waals surface area contributed by atoms with Crippen LogP contribution < -0.4 is 11.2 Å². The molecular weight excluding hydrogens is 313 g/mol. The number of anilines is 2. The molecule has 1 aromatic carbocycles. The minimum Gasteiger partial charge on any atom is -0.383 e. The van der Waals surface area contributed by atoms with Crippen LogP contribution in [0, 0.1) is 0 Å². The monoisotopic (exact) mass is 320 g/mol. The second kappa shape index (κ2) is 5.68. The van der Waals surface area contributed by atoms with Crippen molar-refractivity contribution in [3.8, 4) is 0 Å². The van der Waals surface area contributed by atoms with Crippen LogP contribution in [0.3, 0.4) is 0 Å². The normalized spacial score (nSPS) is 12.0. The highest BCUT2D eigenvalue weighted by Gasteiger charge is 2.30. The lowest BCUT2D eigenvalue weighted by molar-refractivity contribution is -0.137. The molecule has 2 aromatic rings. The van der Waals surface area contributed by atoms with Crippen molar-refractivity contribution in [2.24, 2.45) is 5.10 Å². The number of alkyl halides is 3. The minimum absolute atomic E-state index is 0.151. The number of benzene rings is 1. The van der Waals surface area contributed by atoms with E-state index in [4.69, 9.17) is 17.3 Å². The first-order valence-corrected chi connectivity index (χ1v) is 6.49. The number of nitrogens with one attached hydrogen (secondary N) is 1. The van der Waals surface area contributed by atoms with Gasteiger partial charge in [0.1, 0.15) is 5.82 Å². The summed E-state index contributed by atoms with van der Waals surface area (Å²) in [4.78, 5) is 3.88. The van der Waals surface area contributed by atoms with E-state index in [-0.39, 0.29) is 10.6 Å². The predicted molar refractivity (Wildman–Crippen MR) is 74.2 cm³/mol. The Kier molecular flexibility index (Phi) is 4.15. The summed E-state index contributed by atoms with van der Waals surface area (Å²) in [5.41, 5.74) is 7.33. The standard InChI is InChI=1S/C11H8ClF3N4S/c12-8-2-1-7(11(13,14)15)3-6(8)4-17-19-10-18-9(16)5-20-10/h1-5H,16H2,(H,18,19). The first kappa shape index (κ1) is 14.6. The molecule has 0 saturated heterocycles. The highest BCUT2D eigenvalue weighted by Crippen LogP contribution is 2.31. The zero-order valence-electron chi connectivity index (χ0n) is 9.78. The van der Waals surface area contributed by atoms with Gasteiger partial charge in [0.25, 0.3) is 0 Å². The molecule has 2 rings (SSSR count). The van der Waals surface area contributed by atoms with E-state index in [1.54, 1.807) is 5.38 Å². The van der Waals surface area contributed by atoms with Gasteiger partial charge in [-0.3, -0.25) is 5.43 Å². The fraction of sp³-hybridized carbons (Fsp3) is 0.0909. The van der Waals surface area contributed by atoms with E-state index in [9.17, 15) is 13.2 Å². The maximum Gasteiger partial charge on any atom is 0.416 e. The molecule has 0 radical (unpaired) electrons. The molecule has 0 aliphatic carbocycles. The van der Waals surface area contributed by atoms with E-state index < -0.39 is 11.7 Å². The highest BCUT2D eigenvalue weighted by atomic mass is 35.5. The maximum absolute atomic E-state index is 12.6. The van der Waals surface area contributed by atoms with Crippen LogP contribution in [0.25, 0.3) is 0 Å². The summed E-state index contributed by atoms with van der Waals surface area (Å²) in [6, 6.07) is 3.01. The van der Waals surface area contributed by atoms with Crippen LogP contribution in [0.1, 0.15) is 11.1 Å². The van der Waals surface area contributed by atoms with Crippen LogP contribution in [-0.4, -0.2) is 11.2 Å². The van der Waals surface area contributed by atoms with Gasteiger partial charge in [0, 0.05) is 16.0 Å². The molecule has 0 spiro atoms. The van der Waals surface area contributed by atoms with E-state index in [0.29, 0.717) is 10.9 Å². The van der Waals surface area contributed by atoms with Crippen LogP contribution in [0.4, 0.5) is 24.1 Å². The number of nitrogens with zero attached hydrogens (tertiary/aromatic N) is 2. The van der Waals surface area contributed by atoms with Crippen LogP contribution in [-0.2, 0) is 6.18 Å². The lowest BCUT2D eigenvalue weighted by Crippen LogP contribution is -2.05. The summed E-state index contributed by atoms with van der Waals surface area (Å²) in [5, 5.41) is 5.98. The fourth-order valence-electron chi connectivity index (χ4n) is 1.31. The smallest absolute Gasteiger partial charge is 0.383 e. The number of rotatable bonds is 3. The number of hydrogen-bond donors (Lipinski definition) is 2. The Labute approximate surface area is 121 Å². The molecular formula is C11H8ClF3N4S. The molecule has 0 amide bonds. The number of aromatic nitrogens is 1. The van der Waals surface area contributed by atoms with Crippen molar-refractivity contribution in [2.45, 2.75) is 6.18 Å². The van der Waals surface area contributed by atoms with Crippen LogP contribution in [0.15, 0.2) is 28.7 Å². The second-order valence-corrected chi connectivity index (χ2v) is 4.95. The third-order valence-electron chi connectivity index (χ3n) is 2.21. The summed E-state index contributed by atoms with van der Waals surface area (Å²) in [6.45, 7) is 0. The van der Waals surface area contributed by atoms with Gasteiger partial charge in [0.2, 0.25) is 5.13 Å². The third kappa shape index (κ3) is 3.61. The molecule has 4 nitrogen and oxygen atoms in total. The van der Waals surface area contributed by atoms with Crippen molar-refractivity contribution in [2.75, 3.05) is 11.2 Å². The van der Waals surface area contributed by atoms with Crippen LogP contribution in [0.2, 0.25) is 5.02 Å². The number of nitrogens with two attached hydrogens (primary N) is 1. The van der Waals surface area contributed by atoms with Gasteiger partial charge >= 0.3 is 6.18 Å². The lowest BCUT2D eigenvalue weighted by atomic mass is 10.1. The predicted octanol–water partition coefficient (Wildman–Crippen LogP) is 3.84. The van der Waals surface area contributed by atoms with Crippen molar-refractivity contribution in [3.63, 3.8) is 0 Å². The molecule has 0 saturated carbocycles. The van der Waals surface area contributed by atoms with E-state index in [1.807, 2.05) is 0 Å². The van der Waals surface area contributed by atoms with Crippen LogP contribution in [0.5, 0.6) is 0 Å². The first-order chi connectivity index (χ1) is 9.36. The summed E-state index contributed by atoms with van der Waals surface area (Å²) < 4.78 is 37.7. The molecule has 0 aliphatic rings. The Hall–Kier alpha value is -1.80. The highest BCUT2D eigenvalue weighted by molar-refractivity contribution is 7.14. The molecule has 20 heavy (non-hydrogen) atoms. The van der Waals surface area contributed by atoms with E-state index in [2.05, 4.69) is 15.5 Å². The Morgan fingerprint density at radius 2 is 2.15 bits per heavy atom. The van der Waals surface area contributed by atoms with Crippen molar-refractivity contribution in [1.82, 2.24) is 4.98 Å². The van der Waals surface area contributed by atoms with Crippen molar-refractivity contribution < 1.29 is 13.2 Å². The summed E-state index contributed by atoms with van der Waals surface area (Å²) in [6.07, 6.45) is -3.24. The second-order valence-electron chi connectivity index (χ2n) is 3.68. The number of hydrogen-bond acceptors (Lipinski definition) is 5. The molecule has 9 heteroatoms. The van der Waals surface area contributed by atoms with Gasteiger partial charge < -0.3 is 5.73 Å². The van der Waals surface area contributed by atoms with Gasteiger partial charge in [-0.2, -0.15) is 18.3 Å². The maximum atomic E-state index is 12.6. The van der Waals surface area contributed by atoms with Gasteiger partial charge in [0.15, 0.2) is 0 Å². The molecule has 3 N–H and O–H groups in total. The quantitative estimate of drug-likeness (QED) is 0.667. The fourth-order valence-corrected chi connectivity index (χ4v) is 2.03. The van der Waals surface area contributed by atoms with Crippen molar-refractivity contribution >= 4 is 40.1 Å². The first-order valence-electron chi connectivity index (χ1n) is 5.23. The topological polar surface area (TPSA) is 63.3 Å². The molecule has 0 atom stereocenters. The third-order valence-corrected chi connectivity index (χ3v) is 3.32. The van der Waals surface area contributed by atoms with Gasteiger partial charge in [-0.1, -0.05) is 11.6 Å².